The van der Waals surface area contributed by atoms with Crippen LogP contribution in [0.2, 0.25) is 0 Å². The van der Waals surface area contributed by atoms with Crippen LogP contribution in [0.15, 0.2) is 6.07 Å². The van der Waals surface area contributed by atoms with E-state index in [1.165, 1.54) is 0 Å². The number of nitrogen functional groups attached to an aromatic ring is 1. The van der Waals surface area contributed by atoms with Crippen molar-refractivity contribution >= 4 is 21.7 Å². The second-order valence-electron chi connectivity index (χ2n) is 5.60. The Labute approximate surface area is 126 Å². The molecular formula is C12H24N6O2S. The Morgan fingerprint density at radius 3 is 2.38 bits per heavy atom. The summed E-state index contributed by atoms with van der Waals surface area (Å²) in [5.74, 6) is 7.00. The summed E-state index contributed by atoms with van der Waals surface area (Å²) >= 11 is 0. The van der Waals surface area contributed by atoms with E-state index in [1.54, 1.807) is 13.0 Å². The molecule has 0 fully saturated rings. The van der Waals surface area contributed by atoms with Crippen molar-refractivity contribution in [2.24, 2.45) is 5.84 Å². The normalized spacial score (nSPS) is 12.2. The number of nitrogens with two attached hydrogens (primary N) is 1. The molecule has 1 aromatic heterocycles. The zero-order valence-electron chi connectivity index (χ0n) is 12.9. The van der Waals surface area contributed by atoms with Crippen LogP contribution >= 0.6 is 0 Å². The quantitative estimate of drug-likeness (QED) is 0.424. The third-order valence-corrected chi connectivity index (χ3v) is 4.06. The van der Waals surface area contributed by atoms with Gasteiger partial charge in [0.05, 0.1) is 5.75 Å². The highest BCUT2D eigenvalue weighted by Crippen LogP contribution is 2.21. The lowest BCUT2D eigenvalue weighted by molar-refractivity contribution is 0.546. The van der Waals surface area contributed by atoms with E-state index >= 15 is 0 Å². The van der Waals surface area contributed by atoms with Crippen LogP contribution in [0.3, 0.4) is 0 Å². The van der Waals surface area contributed by atoms with E-state index in [4.69, 9.17) is 5.84 Å². The highest BCUT2D eigenvalue weighted by Gasteiger charge is 2.19. The van der Waals surface area contributed by atoms with Gasteiger partial charge in [-0.05, 0) is 0 Å². The van der Waals surface area contributed by atoms with Crippen LogP contribution < -0.4 is 21.3 Å². The number of hydrogen-bond donors (Lipinski definition) is 4. The number of rotatable bonds is 7. The van der Waals surface area contributed by atoms with Gasteiger partial charge in [-0.25, -0.2) is 29.0 Å². The molecule has 0 aliphatic carbocycles. The standard InChI is InChI=1S/C12H24N6O2S/c1-5-15-21(19,20)7-6-14-9-8-10(18-13)17-11(16-9)12(2,3)4/h8,15H,5-7,13H2,1-4H3,(H2,14,16,17,18). The van der Waals surface area contributed by atoms with Gasteiger partial charge in [-0.1, -0.05) is 27.7 Å². The molecule has 120 valence electrons. The number of aromatic nitrogens is 2. The molecule has 0 aromatic carbocycles. The zero-order chi connectivity index (χ0) is 16.1. The maximum Gasteiger partial charge on any atom is 0.213 e. The molecule has 0 aliphatic heterocycles. The van der Waals surface area contributed by atoms with E-state index in [0.717, 1.165) is 0 Å². The van der Waals surface area contributed by atoms with Crippen LogP contribution in [-0.4, -0.2) is 37.2 Å². The van der Waals surface area contributed by atoms with Gasteiger partial charge >= 0.3 is 0 Å². The van der Waals surface area contributed by atoms with Crippen LogP contribution in [0.25, 0.3) is 0 Å². The van der Waals surface area contributed by atoms with Crippen molar-refractivity contribution in [2.75, 3.05) is 29.6 Å². The van der Waals surface area contributed by atoms with E-state index in [1.807, 2.05) is 20.8 Å². The van der Waals surface area contributed by atoms with Crippen LogP contribution in [0.1, 0.15) is 33.5 Å². The predicted molar refractivity (Wildman–Crippen MR) is 84.5 cm³/mol. The molecular weight excluding hydrogens is 292 g/mol. The van der Waals surface area contributed by atoms with E-state index in [0.29, 0.717) is 24.0 Å². The minimum atomic E-state index is -3.25. The van der Waals surface area contributed by atoms with Gasteiger partial charge in [0.1, 0.15) is 17.5 Å². The summed E-state index contributed by atoms with van der Waals surface area (Å²) in [7, 11) is -3.25. The van der Waals surface area contributed by atoms with Gasteiger partial charge in [-0.15, -0.1) is 0 Å². The van der Waals surface area contributed by atoms with E-state index in [9.17, 15) is 8.42 Å². The molecule has 8 nitrogen and oxygen atoms in total. The monoisotopic (exact) mass is 316 g/mol. The van der Waals surface area contributed by atoms with Crippen LogP contribution in [0.4, 0.5) is 11.6 Å². The summed E-state index contributed by atoms with van der Waals surface area (Å²) in [6.07, 6.45) is 0. The Bertz CT molecular complexity index is 568. The number of sulfonamides is 1. The fraction of sp³-hybridized carbons (Fsp3) is 0.667. The fourth-order valence-electron chi connectivity index (χ4n) is 1.55. The molecule has 0 atom stereocenters. The lowest BCUT2D eigenvalue weighted by atomic mass is 9.96. The molecule has 0 saturated heterocycles. The van der Waals surface area contributed by atoms with Gasteiger partial charge in [0.15, 0.2) is 0 Å². The number of anilines is 2. The van der Waals surface area contributed by atoms with Crippen molar-refractivity contribution in [3.63, 3.8) is 0 Å². The summed E-state index contributed by atoms with van der Waals surface area (Å²) in [5, 5.41) is 2.98. The average molecular weight is 316 g/mol. The molecule has 5 N–H and O–H groups in total. The van der Waals surface area contributed by atoms with Gasteiger partial charge in [0.25, 0.3) is 0 Å². The molecule has 0 spiro atoms. The molecule has 1 rings (SSSR count). The largest absolute Gasteiger partial charge is 0.369 e. The Hall–Kier alpha value is -1.45. The highest BCUT2D eigenvalue weighted by molar-refractivity contribution is 7.89. The van der Waals surface area contributed by atoms with Crippen LogP contribution in [-0.2, 0) is 15.4 Å². The van der Waals surface area contributed by atoms with Crippen molar-refractivity contribution in [3.8, 4) is 0 Å². The van der Waals surface area contributed by atoms with Gasteiger partial charge in [-0.3, -0.25) is 0 Å². The number of hydrogen-bond acceptors (Lipinski definition) is 7. The third-order valence-electron chi connectivity index (χ3n) is 2.59. The second-order valence-corrected chi connectivity index (χ2v) is 7.53. The molecule has 0 bridgehead atoms. The Kier molecular flexibility index (Phi) is 5.87. The molecule has 0 amide bonds. The second kappa shape index (κ2) is 7.01. The number of hydrazine groups is 1. The van der Waals surface area contributed by atoms with Crippen molar-refractivity contribution in [1.29, 1.82) is 0 Å². The summed E-state index contributed by atoms with van der Waals surface area (Å²) in [6.45, 7) is 8.33. The fourth-order valence-corrected chi connectivity index (χ4v) is 2.51. The summed E-state index contributed by atoms with van der Waals surface area (Å²) in [6, 6.07) is 1.63. The smallest absolute Gasteiger partial charge is 0.213 e. The summed E-state index contributed by atoms with van der Waals surface area (Å²) < 4.78 is 25.5. The van der Waals surface area contributed by atoms with Crippen molar-refractivity contribution in [2.45, 2.75) is 33.1 Å². The molecule has 0 saturated carbocycles. The van der Waals surface area contributed by atoms with Gasteiger partial charge in [-0.2, -0.15) is 0 Å². The SMILES string of the molecule is CCNS(=O)(=O)CCNc1cc(NN)nc(C(C)(C)C)n1. The molecule has 0 aliphatic rings. The van der Waals surface area contributed by atoms with Crippen molar-refractivity contribution in [3.05, 3.63) is 11.9 Å². The maximum atomic E-state index is 11.6. The molecule has 1 aromatic rings. The summed E-state index contributed by atoms with van der Waals surface area (Å²) in [4.78, 5) is 8.68. The average Bonchev–Trinajstić information content (AvgIpc) is 2.37. The molecule has 1 heterocycles. The Balaban J connectivity index is 2.80. The molecule has 21 heavy (non-hydrogen) atoms. The molecule has 0 unspecified atom stereocenters. The van der Waals surface area contributed by atoms with Crippen LogP contribution in [0, 0.1) is 0 Å². The predicted octanol–water partition coefficient (Wildman–Crippen LogP) is 0.411. The number of nitrogens with one attached hydrogen (secondary N) is 3. The first kappa shape index (κ1) is 17.6. The maximum absolute atomic E-state index is 11.6. The minimum absolute atomic E-state index is 0.0267. The Morgan fingerprint density at radius 2 is 1.86 bits per heavy atom. The Morgan fingerprint density at radius 1 is 1.24 bits per heavy atom. The van der Waals surface area contributed by atoms with E-state index in [2.05, 4.69) is 25.4 Å². The van der Waals surface area contributed by atoms with Crippen LogP contribution in [0.5, 0.6) is 0 Å². The van der Waals surface area contributed by atoms with Crippen molar-refractivity contribution < 1.29 is 8.42 Å². The first-order valence-electron chi connectivity index (χ1n) is 6.75. The van der Waals surface area contributed by atoms with Gasteiger partial charge in [0, 0.05) is 24.6 Å². The lowest BCUT2D eigenvalue weighted by Crippen LogP contribution is -2.29. The first-order chi connectivity index (χ1) is 9.68. The third kappa shape index (κ3) is 5.82. The first-order valence-corrected chi connectivity index (χ1v) is 8.40. The minimum Gasteiger partial charge on any atom is -0.369 e. The van der Waals surface area contributed by atoms with Crippen molar-refractivity contribution in [1.82, 2.24) is 14.7 Å². The summed E-state index contributed by atoms with van der Waals surface area (Å²) in [5.41, 5.74) is 2.25. The topological polar surface area (TPSA) is 122 Å². The van der Waals surface area contributed by atoms with Gasteiger partial charge < -0.3 is 10.7 Å². The highest BCUT2D eigenvalue weighted by atomic mass is 32.2. The van der Waals surface area contributed by atoms with E-state index < -0.39 is 10.0 Å². The molecule has 0 radical (unpaired) electrons. The lowest BCUT2D eigenvalue weighted by Gasteiger charge is -2.18. The van der Waals surface area contributed by atoms with E-state index in [-0.39, 0.29) is 17.7 Å². The molecule has 9 heteroatoms. The zero-order valence-corrected chi connectivity index (χ0v) is 13.7. The number of nitrogens with zero attached hydrogens (tertiary/aromatic N) is 2. The van der Waals surface area contributed by atoms with Gasteiger partial charge in [0.2, 0.25) is 10.0 Å².